The zero-order chi connectivity index (χ0) is 16.1. The zero-order valence-corrected chi connectivity index (χ0v) is 13.9. The molecule has 0 aliphatic heterocycles. The minimum atomic E-state index is -0.436. The van der Waals surface area contributed by atoms with Crippen LogP contribution < -0.4 is 5.32 Å². The molecule has 124 valence electrons. The summed E-state index contributed by atoms with van der Waals surface area (Å²) in [6.07, 6.45) is 3.94. The summed E-state index contributed by atoms with van der Waals surface area (Å²) < 4.78 is 0. The molecule has 0 aromatic carbocycles. The van der Waals surface area contributed by atoms with E-state index < -0.39 is 6.10 Å². The van der Waals surface area contributed by atoms with Gasteiger partial charge in [0.05, 0.1) is 6.10 Å². The zero-order valence-electron chi connectivity index (χ0n) is 13.9. The molecule has 0 radical (unpaired) electrons. The molecule has 5 heteroatoms. The molecule has 0 saturated heterocycles. The van der Waals surface area contributed by atoms with Crippen LogP contribution in [-0.4, -0.2) is 45.5 Å². The van der Waals surface area contributed by atoms with Gasteiger partial charge in [-0.15, -0.1) is 0 Å². The van der Waals surface area contributed by atoms with Gasteiger partial charge in [-0.1, -0.05) is 13.8 Å². The van der Waals surface area contributed by atoms with E-state index in [1.165, 1.54) is 0 Å². The van der Waals surface area contributed by atoms with Gasteiger partial charge in [0.25, 0.3) is 0 Å². The summed E-state index contributed by atoms with van der Waals surface area (Å²) in [5.74, 6) is 1.56. The van der Waals surface area contributed by atoms with Gasteiger partial charge >= 0.3 is 0 Å². The Morgan fingerprint density at radius 1 is 1.36 bits per heavy atom. The third-order valence-electron chi connectivity index (χ3n) is 4.67. The van der Waals surface area contributed by atoms with Gasteiger partial charge in [0.2, 0.25) is 0 Å². The van der Waals surface area contributed by atoms with Gasteiger partial charge in [-0.2, -0.15) is 0 Å². The van der Waals surface area contributed by atoms with Crippen LogP contribution in [0.15, 0.2) is 12.3 Å². The molecule has 4 atom stereocenters. The topological polar surface area (TPSA) is 78.3 Å². The number of rotatable bonds is 7. The van der Waals surface area contributed by atoms with E-state index in [-0.39, 0.29) is 24.5 Å². The number of aromatic nitrogens is 2. The Morgan fingerprint density at radius 2 is 2.14 bits per heavy atom. The molecule has 0 bridgehead atoms. The highest BCUT2D eigenvalue weighted by Crippen LogP contribution is 2.34. The Labute approximate surface area is 133 Å². The first-order valence-corrected chi connectivity index (χ1v) is 8.32. The first-order chi connectivity index (χ1) is 10.5. The first-order valence-electron chi connectivity index (χ1n) is 8.32. The lowest BCUT2D eigenvalue weighted by Crippen LogP contribution is -2.37. The maximum absolute atomic E-state index is 10.2. The van der Waals surface area contributed by atoms with Crippen LogP contribution in [0.25, 0.3) is 0 Å². The average molecular weight is 307 g/mol. The van der Waals surface area contributed by atoms with Gasteiger partial charge in [0.1, 0.15) is 5.82 Å². The van der Waals surface area contributed by atoms with Crippen LogP contribution in [0.3, 0.4) is 0 Å². The Kier molecular flexibility index (Phi) is 6.29. The molecule has 3 N–H and O–H groups in total. The van der Waals surface area contributed by atoms with Crippen molar-refractivity contribution in [3.8, 4) is 0 Å². The summed E-state index contributed by atoms with van der Waals surface area (Å²) in [7, 11) is 0. The average Bonchev–Trinajstić information content (AvgIpc) is 2.74. The number of nitrogens with zero attached hydrogens (tertiary/aromatic N) is 2. The van der Waals surface area contributed by atoms with Crippen LogP contribution in [0.4, 0.5) is 0 Å². The van der Waals surface area contributed by atoms with Crippen molar-refractivity contribution in [1.29, 1.82) is 0 Å². The fourth-order valence-electron chi connectivity index (χ4n) is 3.40. The van der Waals surface area contributed by atoms with Gasteiger partial charge in [0.15, 0.2) is 0 Å². The molecule has 1 heterocycles. The molecule has 0 spiro atoms. The fourth-order valence-corrected chi connectivity index (χ4v) is 3.40. The van der Waals surface area contributed by atoms with Gasteiger partial charge in [0, 0.05) is 30.5 Å². The number of hydrogen-bond donors (Lipinski definition) is 3. The smallest absolute Gasteiger partial charge is 0.125 e. The van der Waals surface area contributed by atoms with Crippen molar-refractivity contribution in [2.24, 2.45) is 17.8 Å². The van der Waals surface area contributed by atoms with Crippen LogP contribution in [0, 0.1) is 24.7 Å². The number of aryl methyl sites for hydroxylation is 1. The highest BCUT2D eigenvalue weighted by atomic mass is 16.3. The van der Waals surface area contributed by atoms with E-state index in [1.54, 1.807) is 6.20 Å². The molecule has 0 amide bonds. The van der Waals surface area contributed by atoms with Crippen molar-refractivity contribution in [1.82, 2.24) is 15.3 Å². The van der Waals surface area contributed by atoms with Crippen molar-refractivity contribution in [3.63, 3.8) is 0 Å². The van der Waals surface area contributed by atoms with Gasteiger partial charge in [-0.3, -0.25) is 0 Å². The quantitative estimate of drug-likeness (QED) is 0.708. The predicted molar refractivity (Wildman–Crippen MR) is 86.4 cm³/mol. The first kappa shape index (κ1) is 17.3. The van der Waals surface area contributed by atoms with E-state index in [4.69, 9.17) is 0 Å². The monoisotopic (exact) mass is 307 g/mol. The molecule has 2 rings (SSSR count). The Balaban J connectivity index is 2.04. The third kappa shape index (κ3) is 4.48. The van der Waals surface area contributed by atoms with Crippen molar-refractivity contribution in [2.75, 3.05) is 13.2 Å². The number of aliphatic hydroxyl groups excluding tert-OH is 2. The molecule has 1 aliphatic carbocycles. The van der Waals surface area contributed by atoms with Crippen LogP contribution in [0.1, 0.15) is 38.2 Å². The second kappa shape index (κ2) is 7.99. The third-order valence-corrected chi connectivity index (χ3v) is 4.67. The molecule has 1 saturated carbocycles. The van der Waals surface area contributed by atoms with Crippen LogP contribution >= 0.6 is 0 Å². The largest absolute Gasteiger partial charge is 0.396 e. The van der Waals surface area contributed by atoms with Crippen LogP contribution in [-0.2, 0) is 6.42 Å². The van der Waals surface area contributed by atoms with Crippen molar-refractivity contribution in [2.45, 2.75) is 52.2 Å². The Bertz CT molecular complexity index is 467. The second-order valence-electron chi connectivity index (χ2n) is 6.86. The van der Waals surface area contributed by atoms with Gasteiger partial charge in [-0.25, -0.2) is 9.97 Å². The van der Waals surface area contributed by atoms with Gasteiger partial charge < -0.3 is 15.5 Å². The Morgan fingerprint density at radius 3 is 2.77 bits per heavy atom. The summed E-state index contributed by atoms with van der Waals surface area (Å²) in [6.45, 7) is 7.28. The number of aliphatic hydroxyl groups is 2. The molecule has 1 aromatic rings. The summed E-state index contributed by atoms with van der Waals surface area (Å²) in [4.78, 5) is 8.60. The highest BCUT2D eigenvalue weighted by Gasteiger charge is 2.41. The minimum absolute atomic E-state index is 0.0261. The molecule has 4 unspecified atom stereocenters. The molecular formula is C17H29N3O2. The molecule has 1 aliphatic rings. The summed E-state index contributed by atoms with van der Waals surface area (Å²) in [5, 5.41) is 23.5. The van der Waals surface area contributed by atoms with E-state index >= 15 is 0 Å². The lowest BCUT2D eigenvalue weighted by atomic mass is 9.88. The lowest BCUT2D eigenvalue weighted by molar-refractivity contribution is 0.0716. The van der Waals surface area contributed by atoms with E-state index in [0.717, 1.165) is 30.9 Å². The number of nitrogens with one attached hydrogen (secondary N) is 1. The molecule has 5 nitrogen and oxygen atoms in total. The Hall–Kier alpha value is -1.04. The minimum Gasteiger partial charge on any atom is -0.396 e. The number of hydrogen-bond acceptors (Lipinski definition) is 5. The van der Waals surface area contributed by atoms with Crippen LogP contribution in [0.2, 0.25) is 0 Å². The highest BCUT2D eigenvalue weighted by molar-refractivity contribution is 5.07. The standard InChI is InChI=1S/C17H29N3O2/c1-11(2)4-6-19-16-9-17(22)15(10-21)14(16)8-13-5-7-18-12(3)20-13/h5,7,11,14-17,19,21-22H,4,6,8-10H2,1-3H3. The molecular weight excluding hydrogens is 278 g/mol. The van der Waals surface area contributed by atoms with E-state index in [9.17, 15) is 10.2 Å². The van der Waals surface area contributed by atoms with E-state index in [0.29, 0.717) is 12.3 Å². The maximum Gasteiger partial charge on any atom is 0.125 e. The predicted octanol–water partition coefficient (Wildman–Crippen LogP) is 1.32. The molecule has 1 aromatic heterocycles. The second-order valence-corrected chi connectivity index (χ2v) is 6.86. The van der Waals surface area contributed by atoms with Gasteiger partial charge in [-0.05, 0) is 50.6 Å². The van der Waals surface area contributed by atoms with E-state index in [2.05, 4.69) is 29.1 Å². The van der Waals surface area contributed by atoms with E-state index in [1.807, 2.05) is 13.0 Å². The SMILES string of the molecule is Cc1nccc(CC2C(NCCC(C)C)CC(O)C2CO)n1. The van der Waals surface area contributed by atoms with Crippen molar-refractivity contribution in [3.05, 3.63) is 23.8 Å². The summed E-state index contributed by atoms with van der Waals surface area (Å²) in [6, 6.07) is 2.17. The maximum atomic E-state index is 10.2. The normalized spacial score (nSPS) is 28.5. The summed E-state index contributed by atoms with van der Waals surface area (Å²) in [5.41, 5.74) is 0.987. The fraction of sp³-hybridized carbons (Fsp3) is 0.765. The summed E-state index contributed by atoms with van der Waals surface area (Å²) >= 11 is 0. The molecule has 22 heavy (non-hydrogen) atoms. The van der Waals surface area contributed by atoms with Crippen molar-refractivity contribution < 1.29 is 10.2 Å². The van der Waals surface area contributed by atoms with Crippen molar-refractivity contribution >= 4 is 0 Å². The molecule has 1 fully saturated rings. The lowest BCUT2D eigenvalue weighted by Gasteiger charge is -2.25. The van der Waals surface area contributed by atoms with Crippen LogP contribution in [0.5, 0.6) is 0 Å².